The fraction of sp³-hybridized carbons (Fsp3) is 0.750. The van der Waals surface area contributed by atoms with Gasteiger partial charge in [-0.05, 0) is 41.0 Å². The van der Waals surface area contributed by atoms with Gasteiger partial charge in [-0.3, -0.25) is 4.90 Å². The molecule has 1 aromatic rings. The van der Waals surface area contributed by atoms with E-state index in [1.54, 1.807) is 0 Å². The molecular formula is C16H31N5. The summed E-state index contributed by atoms with van der Waals surface area (Å²) >= 11 is 0. The SMILES string of the molecule is CCCc1nc(N)c(C)c(NCCN(C(C)C)C(C)C)n1. The zero-order valence-corrected chi connectivity index (χ0v) is 14.4. The molecule has 0 unspecified atom stereocenters. The molecule has 0 atom stereocenters. The first kappa shape index (κ1) is 17.7. The molecule has 0 saturated heterocycles. The van der Waals surface area contributed by atoms with Crippen LogP contribution in [0.2, 0.25) is 0 Å². The molecule has 5 heteroatoms. The summed E-state index contributed by atoms with van der Waals surface area (Å²) in [6, 6.07) is 1.08. The summed E-state index contributed by atoms with van der Waals surface area (Å²) in [5.74, 6) is 2.28. The quantitative estimate of drug-likeness (QED) is 0.771. The summed E-state index contributed by atoms with van der Waals surface area (Å²) in [5, 5.41) is 3.42. The maximum atomic E-state index is 5.98. The van der Waals surface area contributed by atoms with Crippen LogP contribution in [-0.2, 0) is 6.42 Å². The van der Waals surface area contributed by atoms with E-state index in [-0.39, 0.29) is 0 Å². The zero-order chi connectivity index (χ0) is 16.0. The summed E-state index contributed by atoms with van der Waals surface area (Å²) < 4.78 is 0. The van der Waals surface area contributed by atoms with Crippen molar-refractivity contribution in [2.45, 2.75) is 66.5 Å². The molecular weight excluding hydrogens is 262 g/mol. The molecule has 5 nitrogen and oxygen atoms in total. The predicted molar refractivity (Wildman–Crippen MR) is 90.6 cm³/mol. The Labute approximate surface area is 129 Å². The van der Waals surface area contributed by atoms with E-state index in [0.717, 1.165) is 43.1 Å². The van der Waals surface area contributed by atoms with Crippen LogP contribution in [0.25, 0.3) is 0 Å². The van der Waals surface area contributed by atoms with Crippen molar-refractivity contribution in [1.29, 1.82) is 0 Å². The van der Waals surface area contributed by atoms with E-state index in [1.807, 2.05) is 6.92 Å². The number of rotatable bonds is 8. The van der Waals surface area contributed by atoms with Crippen molar-refractivity contribution in [3.63, 3.8) is 0 Å². The first-order valence-corrected chi connectivity index (χ1v) is 7.99. The summed E-state index contributed by atoms with van der Waals surface area (Å²) in [5.41, 5.74) is 6.92. The highest BCUT2D eigenvalue weighted by Crippen LogP contribution is 2.17. The standard InChI is InChI=1S/C16H31N5/c1-7-8-14-19-15(17)13(6)16(20-14)18-9-10-21(11(2)3)12(4)5/h11-12H,7-10H2,1-6H3,(H3,17,18,19,20). The number of anilines is 2. The summed E-state index contributed by atoms with van der Waals surface area (Å²) in [6.45, 7) is 14.9. The van der Waals surface area contributed by atoms with Crippen LogP contribution in [0.5, 0.6) is 0 Å². The topological polar surface area (TPSA) is 67.1 Å². The largest absolute Gasteiger partial charge is 0.383 e. The molecule has 0 bridgehead atoms. The van der Waals surface area contributed by atoms with Crippen molar-refractivity contribution in [3.8, 4) is 0 Å². The van der Waals surface area contributed by atoms with E-state index in [0.29, 0.717) is 17.9 Å². The van der Waals surface area contributed by atoms with E-state index in [2.05, 4.69) is 54.8 Å². The molecule has 0 amide bonds. The highest BCUT2D eigenvalue weighted by Gasteiger charge is 2.13. The van der Waals surface area contributed by atoms with Crippen molar-refractivity contribution in [3.05, 3.63) is 11.4 Å². The van der Waals surface area contributed by atoms with Gasteiger partial charge in [0.1, 0.15) is 17.5 Å². The Balaban J connectivity index is 2.70. The molecule has 120 valence electrons. The molecule has 0 aliphatic carbocycles. The maximum Gasteiger partial charge on any atom is 0.134 e. The molecule has 0 aliphatic rings. The number of hydrogen-bond donors (Lipinski definition) is 2. The number of aromatic nitrogens is 2. The van der Waals surface area contributed by atoms with Gasteiger partial charge in [0.05, 0.1) is 0 Å². The number of nitrogen functional groups attached to an aromatic ring is 1. The normalized spacial score (nSPS) is 11.7. The van der Waals surface area contributed by atoms with Crippen molar-refractivity contribution >= 4 is 11.6 Å². The lowest BCUT2D eigenvalue weighted by atomic mass is 10.2. The van der Waals surface area contributed by atoms with Crippen LogP contribution in [0.15, 0.2) is 0 Å². The zero-order valence-electron chi connectivity index (χ0n) is 14.4. The lowest BCUT2D eigenvalue weighted by Gasteiger charge is -2.30. The lowest BCUT2D eigenvalue weighted by Crippen LogP contribution is -2.40. The second-order valence-corrected chi connectivity index (χ2v) is 6.10. The Hall–Kier alpha value is -1.36. The molecule has 0 fully saturated rings. The van der Waals surface area contributed by atoms with Gasteiger partial charge in [-0.1, -0.05) is 6.92 Å². The molecule has 0 aliphatic heterocycles. The van der Waals surface area contributed by atoms with Gasteiger partial charge in [0.2, 0.25) is 0 Å². The summed E-state index contributed by atoms with van der Waals surface area (Å²) in [4.78, 5) is 11.4. The third-order valence-corrected chi connectivity index (χ3v) is 3.69. The van der Waals surface area contributed by atoms with Gasteiger partial charge in [0, 0.05) is 37.2 Å². The van der Waals surface area contributed by atoms with Crippen molar-refractivity contribution < 1.29 is 0 Å². The average molecular weight is 293 g/mol. The second-order valence-electron chi connectivity index (χ2n) is 6.10. The summed E-state index contributed by atoms with van der Waals surface area (Å²) in [7, 11) is 0. The highest BCUT2D eigenvalue weighted by molar-refractivity contribution is 5.54. The molecule has 1 rings (SSSR count). The number of nitrogens with zero attached hydrogens (tertiary/aromatic N) is 3. The van der Waals surface area contributed by atoms with Gasteiger partial charge in [-0.25, -0.2) is 9.97 Å². The van der Waals surface area contributed by atoms with Crippen LogP contribution in [0.4, 0.5) is 11.6 Å². The van der Waals surface area contributed by atoms with E-state index in [4.69, 9.17) is 5.73 Å². The Morgan fingerprint density at radius 2 is 1.76 bits per heavy atom. The average Bonchev–Trinajstić information content (AvgIpc) is 2.39. The number of aryl methyl sites for hydroxylation is 1. The van der Waals surface area contributed by atoms with Crippen LogP contribution >= 0.6 is 0 Å². The highest BCUT2D eigenvalue weighted by atomic mass is 15.2. The maximum absolute atomic E-state index is 5.98. The molecule has 3 N–H and O–H groups in total. The van der Waals surface area contributed by atoms with Crippen molar-refractivity contribution in [1.82, 2.24) is 14.9 Å². The van der Waals surface area contributed by atoms with Crippen LogP contribution < -0.4 is 11.1 Å². The van der Waals surface area contributed by atoms with Gasteiger partial charge < -0.3 is 11.1 Å². The predicted octanol–water partition coefficient (Wildman–Crippen LogP) is 2.85. The molecule has 0 radical (unpaired) electrons. The van der Waals surface area contributed by atoms with Gasteiger partial charge >= 0.3 is 0 Å². The number of hydrogen-bond acceptors (Lipinski definition) is 5. The van der Waals surface area contributed by atoms with Crippen LogP contribution in [0.3, 0.4) is 0 Å². The second kappa shape index (κ2) is 8.17. The Kier molecular flexibility index (Phi) is 6.89. The Morgan fingerprint density at radius 1 is 1.14 bits per heavy atom. The van der Waals surface area contributed by atoms with E-state index in [1.165, 1.54) is 0 Å². The van der Waals surface area contributed by atoms with Crippen molar-refractivity contribution in [2.24, 2.45) is 0 Å². The molecule has 21 heavy (non-hydrogen) atoms. The number of nitrogens with one attached hydrogen (secondary N) is 1. The van der Waals surface area contributed by atoms with Gasteiger partial charge in [0.25, 0.3) is 0 Å². The molecule has 0 aromatic carbocycles. The minimum absolute atomic E-state index is 0.541. The Morgan fingerprint density at radius 3 is 2.29 bits per heavy atom. The number of nitrogens with two attached hydrogens (primary N) is 1. The smallest absolute Gasteiger partial charge is 0.134 e. The molecule has 1 aromatic heterocycles. The lowest BCUT2D eigenvalue weighted by molar-refractivity contribution is 0.182. The first-order chi connectivity index (χ1) is 9.86. The van der Waals surface area contributed by atoms with E-state index in [9.17, 15) is 0 Å². The van der Waals surface area contributed by atoms with Crippen LogP contribution in [0.1, 0.15) is 52.4 Å². The fourth-order valence-corrected chi connectivity index (χ4v) is 2.51. The van der Waals surface area contributed by atoms with Crippen molar-refractivity contribution in [2.75, 3.05) is 24.1 Å². The molecule has 0 spiro atoms. The Bertz CT molecular complexity index is 435. The third-order valence-electron chi connectivity index (χ3n) is 3.69. The first-order valence-electron chi connectivity index (χ1n) is 7.99. The molecule has 1 heterocycles. The van der Waals surface area contributed by atoms with Gasteiger partial charge in [0.15, 0.2) is 0 Å². The van der Waals surface area contributed by atoms with E-state index >= 15 is 0 Å². The van der Waals surface area contributed by atoms with Crippen LogP contribution in [0, 0.1) is 6.92 Å². The minimum atomic E-state index is 0.541. The van der Waals surface area contributed by atoms with Gasteiger partial charge in [-0.2, -0.15) is 0 Å². The monoisotopic (exact) mass is 293 g/mol. The van der Waals surface area contributed by atoms with Crippen LogP contribution in [-0.4, -0.2) is 40.0 Å². The summed E-state index contributed by atoms with van der Waals surface area (Å²) in [6.07, 6.45) is 1.89. The minimum Gasteiger partial charge on any atom is -0.383 e. The third kappa shape index (κ3) is 5.16. The van der Waals surface area contributed by atoms with Gasteiger partial charge in [-0.15, -0.1) is 0 Å². The fourth-order valence-electron chi connectivity index (χ4n) is 2.51. The molecule has 0 saturated carbocycles. The van der Waals surface area contributed by atoms with E-state index < -0.39 is 0 Å².